The van der Waals surface area contributed by atoms with Crippen LogP contribution in [0.3, 0.4) is 0 Å². The minimum Gasteiger partial charge on any atom is -0.455 e. The summed E-state index contributed by atoms with van der Waals surface area (Å²) in [5.41, 5.74) is 2.84. The van der Waals surface area contributed by atoms with Crippen LogP contribution < -0.4 is 5.32 Å². The van der Waals surface area contributed by atoms with Crippen LogP contribution in [0.25, 0.3) is 11.0 Å². The summed E-state index contributed by atoms with van der Waals surface area (Å²) in [5, 5.41) is 4.01. The van der Waals surface area contributed by atoms with Gasteiger partial charge in [0.15, 0.2) is 10.9 Å². The molecule has 0 radical (unpaired) electrons. The van der Waals surface area contributed by atoms with Crippen LogP contribution in [-0.2, 0) is 19.8 Å². The molecule has 0 spiro atoms. The first-order valence-electron chi connectivity index (χ1n) is 10.6. The lowest BCUT2D eigenvalue weighted by atomic mass is 10.1. The number of aromatic nitrogens is 4. The van der Waals surface area contributed by atoms with Crippen molar-refractivity contribution in [2.24, 2.45) is 14.1 Å². The van der Waals surface area contributed by atoms with Crippen molar-refractivity contribution < 1.29 is 9.21 Å². The summed E-state index contributed by atoms with van der Waals surface area (Å²) in [5.74, 6) is 2.04. The second kappa shape index (κ2) is 8.99. The lowest BCUT2D eigenvalue weighted by molar-refractivity contribution is 0.0912. The average molecular weight is 458 g/mol. The second-order valence-electron chi connectivity index (χ2n) is 7.71. The highest BCUT2D eigenvalue weighted by Gasteiger charge is 2.24. The van der Waals surface area contributed by atoms with Crippen LogP contribution >= 0.6 is 11.8 Å². The third-order valence-corrected chi connectivity index (χ3v) is 6.57. The predicted octanol–water partition coefficient (Wildman–Crippen LogP) is 4.71. The Labute approximate surface area is 195 Å². The summed E-state index contributed by atoms with van der Waals surface area (Å²) in [6, 6.07) is 20.9. The average Bonchev–Trinajstić information content (AvgIpc) is 3.56. The van der Waals surface area contributed by atoms with Crippen molar-refractivity contribution in [1.82, 2.24) is 24.4 Å². The molecule has 7 nitrogen and oxygen atoms in total. The van der Waals surface area contributed by atoms with Crippen molar-refractivity contribution in [2.45, 2.75) is 17.0 Å². The second-order valence-corrected chi connectivity index (χ2v) is 8.65. The first-order valence-corrected chi connectivity index (χ1v) is 11.5. The highest BCUT2D eigenvalue weighted by Crippen LogP contribution is 2.26. The van der Waals surface area contributed by atoms with E-state index in [1.165, 1.54) is 0 Å². The van der Waals surface area contributed by atoms with E-state index in [1.54, 1.807) is 24.0 Å². The fourth-order valence-electron chi connectivity index (χ4n) is 3.77. The van der Waals surface area contributed by atoms with Gasteiger partial charge in [0.2, 0.25) is 0 Å². The minimum atomic E-state index is -0.424. The number of rotatable bonds is 7. The fourth-order valence-corrected chi connectivity index (χ4v) is 4.60. The number of furan rings is 1. The van der Waals surface area contributed by atoms with E-state index in [0.29, 0.717) is 11.5 Å². The Morgan fingerprint density at radius 3 is 2.61 bits per heavy atom. The standard InChI is InChI=1S/C25H23N5O2S/c1-29-15-14-26-25(29)33-16-18-12-13-21(32-18)24(31)28-22(17-8-4-3-5-9-17)23-27-19-10-6-7-11-20(19)30(23)2/h3-15,22H,16H2,1-2H3,(H,28,31). The molecule has 0 aliphatic heterocycles. The maximum absolute atomic E-state index is 13.2. The van der Waals surface area contributed by atoms with Gasteiger partial charge in [0, 0.05) is 26.5 Å². The molecule has 0 aliphatic carbocycles. The van der Waals surface area contributed by atoms with Crippen molar-refractivity contribution in [3.05, 3.63) is 102 Å². The number of nitrogens with zero attached hydrogens (tertiary/aromatic N) is 4. The van der Waals surface area contributed by atoms with Crippen molar-refractivity contribution >= 4 is 28.7 Å². The summed E-state index contributed by atoms with van der Waals surface area (Å²) in [6.45, 7) is 0. The number of aryl methyl sites for hydroxylation is 2. The summed E-state index contributed by atoms with van der Waals surface area (Å²) in [4.78, 5) is 22.3. The summed E-state index contributed by atoms with van der Waals surface area (Å²) in [6.07, 6.45) is 3.65. The molecule has 3 aromatic heterocycles. The van der Waals surface area contributed by atoms with E-state index in [2.05, 4.69) is 10.3 Å². The van der Waals surface area contributed by atoms with Gasteiger partial charge in [0.05, 0.1) is 16.8 Å². The van der Waals surface area contributed by atoms with Gasteiger partial charge >= 0.3 is 0 Å². The first-order chi connectivity index (χ1) is 16.1. The number of thioether (sulfide) groups is 1. The van der Waals surface area contributed by atoms with Gasteiger partial charge in [-0.3, -0.25) is 4.79 Å². The van der Waals surface area contributed by atoms with E-state index in [1.807, 2.05) is 90.1 Å². The predicted molar refractivity (Wildman–Crippen MR) is 128 cm³/mol. The highest BCUT2D eigenvalue weighted by molar-refractivity contribution is 7.98. The van der Waals surface area contributed by atoms with Crippen LogP contribution in [0.5, 0.6) is 0 Å². The van der Waals surface area contributed by atoms with Crippen LogP contribution in [0.2, 0.25) is 0 Å². The number of fused-ring (bicyclic) bond motifs is 1. The largest absolute Gasteiger partial charge is 0.455 e. The van der Waals surface area contributed by atoms with Crippen LogP contribution in [0.1, 0.15) is 33.7 Å². The van der Waals surface area contributed by atoms with Gasteiger partial charge < -0.3 is 18.9 Å². The lowest BCUT2D eigenvalue weighted by Gasteiger charge is -2.18. The number of hydrogen-bond acceptors (Lipinski definition) is 5. The lowest BCUT2D eigenvalue weighted by Crippen LogP contribution is -2.30. The molecule has 0 saturated heterocycles. The zero-order valence-corrected chi connectivity index (χ0v) is 19.1. The van der Waals surface area contributed by atoms with Gasteiger partial charge in [-0.1, -0.05) is 54.2 Å². The molecule has 2 aromatic carbocycles. The fraction of sp³-hybridized carbons (Fsp3) is 0.160. The molecule has 1 unspecified atom stereocenters. The maximum Gasteiger partial charge on any atom is 0.287 e. The number of imidazole rings is 2. The molecule has 8 heteroatoms. The third kappa shape index (κ3) is 4.29. The van der Waals surface area contributed by atoms with E-state index >= 15 is 0 Å². The molecular formula is C25H23N5O2S. The Morgan fingerprint density at radius 2 is 1.85 bits per heavy atom. The smallest absolute Gasteiger partial charge is 0.287 e. The van der Waals surface area contributed by atoms with Gasteiger partial charge in [-0.2, -0.15) is 0 Å². The molecule has 5 rings (SSSR count). The Hall–Kier alpha value is -3.78. The molecule has 0 fully saturated rings. The van der Waals surface area contributed by atoms with Crippen molar-refractivity contribution in [3.63, 3.8) is 0 Å². The van der Waals surface area contributed by atoms with Gasteiger partial charge in [0.25, 0.3) is 5.91 Å². The number of para-hydroxylation sites is 2. The molecule has 5 aromatic rings. The van der Waals surface area contributed by atoms with Crippen molar-refractivity contribution in [3.8, 4) is 0 Å². The zero-order chi connectivity index (χ0) is 22.8. The van der Waals surface area contributed by atoms with E-state index < -0.39 is 6.04 Å². The Balaban J connectivity index is 1.39. The summed E-state index contributed by atoms with van der Waals surface area (Å²) in [7, 11) is 3.91. The number of hydrogen-bond donors (Lipinski definition) is 1. The van der Waals surface area contributed by atoms with Crippen molar-refractivity contribution in [2.75, 3.05) is 0 Å². The van der Waals surface area contributed by atoms with E-state index in [-0.39, 0.29) is 11.7 Å². The Bertz CT molecular complexity index is 1400. The quantitative estimate of drug-likeness (QED) is 0.358. The topological polar surface area (TPSA) is 77.9 Å². The van der Waals surface area contributed by atoms with Gasteiger partial charge in [-0.15, -0.1) is 0 Å². The van der Waals surface area contributed by atoms with Crippen LogP contribution in [0.15, 0.2) is 88.7 Å². The number of amides is 1. The summed E-state index contributed by atoms with van der Waals surface area (Å²) >= 11 is 1.56. The molecule has 166 valence electrons. The molecule has 0 saturated carbocycles. The van der Waals surface area contributed by atoms with Gasteiger partial charge in [0.1, 0.15) is 17.6 Å². The molecule has 1 amide bonds. The number of carbonyl (C=O) groups excluding carboxylic acids is 1. The molecule has 1 N–H and O–H groups in total. The monoisotopic (exact) mass is 457 g/mol. The zero-order valence-electron chi connectivity index (χ0n) is 18.3. The normalized spacial score (nSPS) is 12.2. The molecule has 3 heterocycles. The number of carbonyl (C=O) groups is 1. The number of nitrogens with one attached hydrogen (secondary N) is 1. The third-order valence-electron chi connectivity index (χ3n) is 5.49. The van der Waals surface area contributed by atoms with Crippen LogP contribution in [0.4, 0.5) is 0 Å². The minimum absolute atomic E-state index is 0.269. The molecule has 0 aliphatic rings. The SMILES string of the molecule is Cn1ccnc1SCc1ccc(C(=O)NC(c2ccccc2)c2nc3ccccc3n2C)o1. The van der Waals surface area contributed by atoms with E-state index in [0.717, 1.165) is 27.6 Å². The highest BCUT2D eigenvalue weighted by atomic mass is 32.2. The van der Waals surface area contributed by atoms with Gasteiger partial charge in [-0.25, -0.2) is 9.97 Å². The van der Waals surface area contributed by atoms with Crippen LogP contribution in [-0.4, -0.2) is 25.0 Å². The van der Waals surface area contributed by atoms with Gasteiger partial charge in [-0.05, 0) is 29.8 Å². The first kappa shape index (κ1) is 21.1. The molecular weight excluding hydrogens is 434 g/mol. The maximum atomic E-state index is 13.2. The van der Waals surface area contributed by atoms with Crippen LogP contribution in [0, 0.1) is 0 Å². The number of benzene rings is 2. The van der Waals surface area contributed by atoms with E-state index in [4.69, 9.17) is 9.40 Å². The molecule has 0 bridgehead atoms. The summed E-state index contributed by atoms with van der Waals surface area (Å²) < 4.78 is 9.81. The molecule has 33 heavy (non-hydrogen) atoms. The van der Waals surface area contributed by atoms with Crippen molar-refractivity contribution in [1.29, 1.82) is 0 Å². The van der Waals surface area contributed by atoms with E-state index in [9.17, 15) is 4.79 Å². The molecule has 1 atom stereocenters. The Morgan fingerprint density at radius 1 is 1.06 bits per heavy atom. The Kier molecular flexibility index (Phi) is 5.75.